The van der Waals surface area contributed by atoms with Crippen LogP contribution < -0.4 is 22.6 Å². The molecule has 0 atom stereocenters. The van der Waals surface area contributed by atoms with E-state index in [0.29, 0.717) is 61.6 Å². The van der Waals surface area contributed by atoms with Gasteiger partial charge in [0.05, 0.1) is 30.1 Å². The molecule has 8 aromatic carbocycles. The van der Waals surface area contributed by atoms with Crippen LogP contribution in [0, 0.1) is 5.82 Å². The van der Waals surface area contributed by atoms with E-state index in [1.54, 1.807) is 79.7 Å². The SMILES string of the molecule is CCOc1cccc(Sc2c(Br)ccc(Sc3c(F)c(S(=O)(=O)Oc4ccccc4OCC)c(-c4ccc(OC)cc4)c(S(=O)(=O)c4cccc(C(C)C)c4)c3OS(=O)(=O)Sc3ccc(CC)cc3)c2-c2ccc(Cl)cc2)c1. The summed E-state index contributed by atoms with van der Waals surface area (Å²) in [6.07, 6.45) is 0.658. The fraction of sp³-hybridized carbons (Fsp3) is 0.172. The molecule has 0 aliphatic heterocycles. The Morgan fingerprint density at radius 1 is 0.615 bits per heavy atom. The molecule has 0 amide bonds. The molecule has 406 valence electrons. The predicted octanol–water partition coefficient (Wildman–Crippen LogP) is 16.4. The summed E-state index contributed by atoms with van der Waals surface area (Å²) in [6, 6.07) is 41.3. The van der Waals surface area contributed by atoms with Crippen molar-refractivity contribution >= 4 is 91.0 Å². The Morgan fingerprint density at radius 2 is 1.27 bits per heavy atom. The van der Waals surface area contributed by atoms with Gasteiger partial charge in [-0.25, -0.2) is 12.8 Å². The maximum Gasteiger partial charge on any atom is 0.370 e. The van der Waals surface area contributed by atoms with E-state index in [0.717, 1.165) is 10.5 Å². The highest BCUT2D eigenvalue weighted by atomic mass is 79.9. The van der Waals surface area contributed by atoms with Crippen LogP contribution in [-0.2, 0) is 35.5 Å². The van der Waals surface area contributed by atoms with Crippen LogP contribution >= 0.6 is 61.8 Å². The first kappa shape index (κ1) is 58.5. The van der Waals surface area contributed by atoms with Gasteiger partial charge in [-0.05, 0) is 155 Å². The van der Waals surface area contributed by atoms with Crippen LogP contribution in [0.2, 0.25) is 5.02 Å². The standard InChI is InChI=1S/C58H51BrClFO11S6/c1-7-37-20-30-44(31-21-37)75-78(66,67)72-54-56(74-50-33-32-47(59)55(51(50)38-22-26-41(60)27-23-38)73-45-16-13-15-43(35-45)69-8-2)53(61)57(77(64,65)71-49-19-11-10-18-48(49)70-9-3)52(39-24-28-42(68-6)29-25-39)58(54)76(62,63)46-17-12-14-40(34-46)36(4)5/h10-36H,7-9H2,1-6H3. The lowest BCUT2D eigenvalue weighted by molar-refractivity contribution is 0.327. The molecule has 0 saturated carbocycles. The quantitative estimate of drug-likeness (QED) is 0.0360. The molecule has 78 heavy (non-hydrogen) atoms. The largest absolute Gasteiger partial charge is 0.497 e. The van der Waals surface area contributed by atoms with E-state index in [-0.39, 0.29) is 60.8 Å². The number of para-hydroxylation sites is 2. The molecule has 0 spiro atoms. The normalized spacial score (nSPS) is 11.9. The van der Waals surface area contributed by atoms with E-state index < -0.39 is 60.9 Å². The summed E-state index contributed by atoms with van der Waals surface area (Å²) < 4.78 is 142. The molecular weight excluding hydrogens is 1200 g/mol. The number of methoxy groups -OCH3 is 1. The van der Waals surface area contributed by atoms with Crippen molar-refractivity contribution in [3.8, 4) is 51.0 Å². The number of hydrogen-bond donors (Lipinski definition) is 0. The van der Waals surface area contributed by atoms with Crippen molar-refractivity contribution in [2.45, 2.75) is 86.1 Å². The molecule has 0 bridgehead atoms. The van der Waals surface area contributed by atoms with Crippen molar-refractivity contribution in [2.24, 2.45) is 0 Å². The van der Waals surface area contributed by atoms with Crippen LogP contribution in [0.4, 0.5) is 4.39 Å². The summed E-state index contributed by atoms with van der Waals surface area (Å²) in [4.78, 5) is -1.72. The fourth-order valence-electron chi connectivity index (χ4n) is 8.08. The van der Waals surface area contributed by atoms with Gasteiger partial charge in [0.25, 0.3) is 0 Å². The molecule has 8 aromatic rings. The molecule has 11 nitrogen and oxygen atoms in total. The lowest BCUT2D eigenvalue weighted by Crippen LogP contribution is -2.19. The number of ether oxygens (including phenoxy) is 3. The zero-order chi connectivity index (χ0) is 55.9. The molecule has 0 N–H and O–H groups in total. The van der Waals surface area contributed by atoms with Gasteiger partial charge in [-0.1, -0.05) is 123 Å². The van der Waals surface area contributed by atoms with Crippen LogP contribution in [0.3, 0.4) is 0 Å². The third kappa shape index (κ3) is 13.3. The van der Waals surface area contributed by atoms with Crippen LogP contribution in [0.1, 0.15) is 51.7 Å². The highest BCUT2D eigenvalue weighted by Crippen LogP contribution is 2.55. The number of benzene rings is 8. The average molecular weight is 1250 g/mol. The smallest absolute Gasteiger partial charge is 0.370 e. The van der Waals surface area contributed by atoms with E-state index >= 15 is 21.2 Å². The second kappa shape index (κ2) is 25.2. The Morgan fingerprint density at radius 3 is 1.92 bits per heavy atom. The number of aryl methyl sites for hydroxylation is 1. The van der Waals surface area contributed by atoms with E-state index in [1.807, 2.05) is 52.0 Å². The third-order valence-electron chi connectivity index (χ3n) is 11.8. The topological polar surface area (TPSA) is 149 Å². The maximum absolute atomic E-state index is 19.2. The molecule has 20 heteroatoms. The van der Waals surface area contributed by atoms with Gasteiger partial charge in [-0.3, -0.25) is 0 Å². The Hall–Kier alpha value is -5.64. The minimum absolute atomic E-state index is 0.0164. The van der Waals surface area contributed by atoms with Crippen molar-refractivity contribution in [2.75, 3.05) is 20.3 Å². The summed E-state index contributed by atoms with van der Waals surface area (Å²) >= 11 is 12.1. The highest BCUT2D eigenvalue weighted by Gasteiger charge is 2.42. The molecular formula is C58H51BrClFO11S6. The van der Waals surface area contributed by atoms with E-state index in [2.05, 4.69) is 15.9 Å². The van der Waals surface area contributed by atoms with E-state index in [4.69, 9.17) is 34.2 Å². The first-order valence-corrected chi connectivity index (χ1v) is 32.7. The average Bonchev–Trinajstić information content (AvgIpc) is 3.54. The summed E-state index contributed by atoms with van der Waals surface area (Å²) in [7, 11) is -14.2. The molecule has 8 rings (SSSR count). The first-order chi connectivity index (χ1) is 37.3. The van der Waals surface area contributed by atoms with Crippen LogP contribution in [0.25, 0.3) is 22.3 Å². The lowest BCUT2D eigenvalue weighted by atomic mass is 10.0. The Kier molecular flexibility index (Phi) is 18.9. The molecule has 0 aliphatic carbocycles. The van der Waals surface area contributed by atoms with Crippen LogP contribution in [0.5, 0.6) is 28.7 Å². The minimum atomic E-state index is -5.54. The van der Waals surface area contributed by atoms with Crippen LogP contribution in [-0.4, -0.2) is 45.6 Å². The van der Waals surface area contributed by atoms with Gasteiger partial charge in [0, 0.05) is 51.0 Å². The van der Waals surface area contributed by atoms with Gasteiger partial charge < -0.3 is 22.6 Å². The van der Waals surface area contributed by atoms with Gasteiger partial charge >= 0.3 is 19.3 Å². The summed E-state index contributed by atoms with van der Waals surface area (Å²) in [6.45, 7) is 9.69. The van der Waals surface area contributed by atoms with Gasteiger partial charge in [0.1, 0.15) is 16.4 Å². The molecule has 0 unspecified atom stereocenters. The molecule has 0 aliphatic rings. The third-order valence-corrected chi connectivity index (χ3v) is 20.8. The van der Waals surface area contributed by atoms with Gasteiger partial charge in [0.2, 0.25) is 9.84 Å². The molecule has 0 radical (unpaired) electrons. The highest BCUT2D eigenvalue weighted by molar-refractivity contribution is 9.10. The monoisotopic (exact) mass is 1250 g/mol. The Balaban J connectivity index is 1.53. The number of halogens is 3. The zero-order valence-corrected chi connectivity index (χ0v) is 50.0. The van der Waals surface area contributed by atoms with Gasteiger partial charge in [-0.15, -0.1) is 0 Å². The van der Waals surface area contributed by atoms with E-state index in [1.165, 1.54) is 79.5 Å². The minimum Gasteiger partial charge on any atom is -0.497 e. The lowest BCUT2D eigenvalue weighted by Gasteiger charge is -2.24. The maximum atomic E-state index is 19.2. The number of rotatable bonds is 22. The van der Waals surface area contributed by atoms with Crippen molar-refractivity contribution in [3.63, 3.8) is 0 Å². The van der Waals surface area contributed by atoms with Crippen molar-refractivity contribution in [3.05, 3.63) is 184 Å². The summed E-state index contributed by atoms with van der Waals surface area (Å²) in [5.74, 6) is -2.31. The second-order valence-corrected chi connectivity index (χ2v) is 27.5. The molecule has 0 aromatic heterocycles. The van der Waals surface area contributed by atoms with E-state index in [9.17, 15) is 8.42 Å². The van der Waals surface area contributed by atoms with Crippen molar-refractivity contribution in [1.82, 2.24) is 0 Å². The molecule has 0 heterocycles. The summed E-state index contributed by atoms with van der Waals surface area (Å²) in [5.41, 5.74) is 1.50. The van der Waals surface area contributed by atoms with Crippen LogP contribution in [0.15, 0.2) is 201 Å². The number of hydrogen-bond acceptors (Lipinski definition) is 14. The molecule has 0 saturated heterocycles. The summed E-state index contributed by atoms with van der Waals surface area (Å²) in [5, 5.41) is 0.404. The number of sulfone groups is 1. The molecule has 0 fully saturated rings. The second-order valence-electron chi connectivity index (χ2n) is 17.3. The van der Waals surface area contributed by atoms with Gasteiger partial charge in [-0.2, -0.15) is 16.8 Å². The Labute approximate surface area is 480 Å². The van der Waals surface area contributed by atoms with Gasteiger partial charge in [0.15, 0.2) is 28.0 Å². The first-order valence-electron chi connectivity index (χ1n) is 24.2. The zero-order valence-electron chi connectivity index (χ0n) is 42.8. The Bertz CT molecular complexity index is 3830. The fourth-order valence-corrected chi connectivity index (χ4v) is 16.4. The van der Waals surface area contributed by atoms with Crippen molar-refractivity contribution < 1.29 is 52.2 Å². The predicted molar refractivity (Wildman–Crippen MR) is 311 cm³/mol. The van der Waals surface area contributed by atoms with Crippen molar-refractivity contribution in [1.29, 1.82) is 0 Å².